The van der Waals surface area contributed by atoms with Crippen molar-refractivity contribution in [2.45, 2.75) is 31.3 Å². The zero-order valence-electron chi connectivity index (χ0n) is 17.5. The number of amides is 3. The topological polar surface area (TPSA) is 130 Å². The first kappa shape index (κ1) is 23.3. The maximum absolute atomic E-state index is 12.8. The summed E-state index contributed by atoms with van der Waals surface area (Å²) in [5.74, 6) is -0.490. The number of carbonyl (C=O) groups excluding carboxylic acids is 3. The third kappa shape index (κ3) is 6.55. The highest BCUT2D eigenvalue weighted by molar-refractivity contribution is 7.98. The molecule has 3 N–H and O–H groups in total. The van der Waals surface area contributed by atoms with Crippen LogP contribution in [0.3, 0.4) is 0 Å². The number of nitro benzene ring substituents is 1. The van der Waals surface area contributed by atoms with Gasteiger partial charge in [-0.15, -0.1) is 0 Å². The van der Waals surface area contributed by atoms with Gasteiger partial charge < -0.3 is 16.0 Å². The zero-order valence-corrected chi connectivity index (χ0v) is 18.3. The molecule has 1 aliphatic rings. The molecule has 1 unspecified atom stereocenters. The van der Waals surface area contributed by atoms with Gasteiger partial charge in [-0.1, -0.05) is 6.07 Å². The van der Waals surface area contributed by atoms with Crippen LogP contribution in [-0.2, 0) is 4.79 Å². The van der Waals surface area contributed by atoms with Crippen molar-refractivity contribution in [1.29, 1.82) is 0 Å². The standard InChI is InChI=1S/C22H24N4O5S/c1-32-12-11-19(25-21(28)15-3-2-4-18(13-15)26(30)31)22(29)24-16-7-5-14(6-8-16)20(27)23-17-9-10-17/h2-8,13,17,19H,9-12H2,1H3,(H,23,27)(H,24,29)(H,25,28). The summed E-state index contributed by atoms with van der Waals surface area (Å²) in [6, 6.07) is 11.3. The molecule has 0 bridgehead atoms. The van der Waals surface area contributed by atoms with Crippen LogP contribution in [0.1, 0.15) is 40.0 Å². The normalized spacial score (nSPS) is 13.7. The molecule has 168 valence electrons. The molecule has 0 radical (unpaired) electrons. The van der Waals surface area contributed by atoms with E-state index in [9.17, 15) is 24.5 Å². The van der Waals surface area contributed by atoms with E-state index in [-0.39, 0.29) is 23.2 Å². The van der Waals surface area contributed by atoms with Gasteiger partial charge in [0, 0.05) is 35.0 Å². The average molecular weight is 457 g/mol. The lowest BCUT2D eigenvalue weighted by Gasteiger charge is -2.18. The number of nitrogens with one attached hydrogen (secondary N) is 3. The molecule has 2 aromatic carbocycles. The lowest BCUT2D eigenvalue weighted by atomic mass is 10.1. The zero-order chi connectivity index (χ0) is 23.1. The summed E-state index contributed by atoms with van der Waals surface area (Å²) >= 11 is 1.53. The highest BCUT2D eigenvalue weighted by Crippen LogP contribution is 2.20. The summed E-state index contributed by atoms with van der Waals surface area (Å²) in [7, 11) is 0. The van der Waals surface area contributed by atoms with Crippen molar-refractivity contribution >= 4 is 40.9 Å². The van der Waals surface area contributed by atoms with Crippen LogP contribution in [0, 0.1) is 10.1 Å². The van der Waals surface area contributed by atoms with Crippen molar-refractivity contribution in [3.63, 3.8) is 0 Å². The number of hydrogen-bond donors (Lipinski definition) is 3. The van der Waals surface area contributed by atoms with E-state index in [4.69, 9.17) is 0 Å². The van der Waals surface area contributed by atoms with E-state index in [1.54, 1.807) is 24.3 Å². The quantitative estimate of drug-likeness (QED) is 0.372. The first-order valence-electron chi connectivity index (χ1n) is 10.1. The number of anilines is 1. The minimum absolute atomic E-state index is 0.104. The van der Waals surface area contributed by atoms with E-state index in [0.717, 1.165) is 12.8 Å². The van der Waals surface area contributed by atoms with Crippen molar-refractivity contribution in [3.8, 4) is 0 Å². The van der Waals surface area contributed by atoms with Gasteiger partial charge in [0.2, 0.25) is 5.91 Å². The molecule has 32 heavy (non-hydrogen) atoms. The van der Waals surface area contributed by atoms with E-state index in [1.165, 1.54) is 36.0 Å². The van der Waals surface area contributed by atoms with Crippen LogP contribution in [-0.4, -0.2) is 46.7 Å². The van der Waals surface area contributed by atoms with Gasteiger partial charge >= 0.3 is 0 Å². The SMILES string of the molecule is CSCCC(NC(=O)c1cccc([N+](=O)[O-])c1)C(=O)Nc1ccc(C(=O)NC2CC2)cc1. The Morgan fingerprint density at radius 3 is 2.44 bits per heavy atom. The van der Waals surface area contributed by atoms with Crippen LogP contribution in [0.2, 0.25) is 0 Å². The van der Waals surface area contributed by atoms with E-state index >= 15 is 0 Å². The van der Waals surface area contributed by atoms with Gasteiger partial charge in [0.25, 0.3) is 17.5 Å². The molecule has 1 fully saturated rings. The molecule has 0 aliphatic heterocycles. The van der Waals surface area contributed by atoms with Crippen molar-refractivity contribution in [3.05, 3.63) is 69.8 Å². The van der Waals surface area contributed by atoms with E-state index in [1.807, 2.05) is 6.26 Å². The molecular formula is C22H24N4O5S. The predicted molar refractivity (Wildman–Crippen MR) is 123 cm³/mol. The van der Waals surface area contributed by atoms with E-state index in [2.05, 4.69) is 16.0 Å². The summed E-state index contributed by atoms with van der Waals surface area (Å²) in [6.45, 7) is 0. The van der Waals surface area contributed by atoms with Gasteiger partial charge in [-0.25, -0.2) is 0 Å². The number of rotatable bonds is 10. The van der Waals surface area contributed by atoms with Crippen molar-refractivity contribution in [1.82, 2.24) is 10.6 Å². The first-order chi connectivity index (χ1) is 15.4. The number of non-ortho nitro benzene ring substituents is 1. The molecular weight excluding hydrogens is 432 g/mol. The Morgan fingerprint density at radius 1 is 1.09 bits per heavy atom. The Hall–Kier alpha value is -3.40. The Kier molecular flexibility index (Phi) is 7.82. The first-order valence-corrected chi connectivity index (χ1v) is 11.5. The smallest absolute Gasteiger partial charge is 0.270 e. The molecule has 0 heterocycles. The second-order valence-electron chi connectivity index (χ2n) is 7.43. The molecule has 2 aromatic rings. The summed E-state index contributed by atoms with van der Waals surface area (Å²) in [4.78, 5) is 47.9. The van der Waals surface area contributed by atoms with Gasteiger partial charge in [-0.3, -0.25) is 24.5 Å². The van der Waals surface area contributed by atoms with Gasteiger partial charge in [0.15, 0.2) is 0 Å². The average Bonchev–Trinajstić information content (AvgIpc) is 3.60. The molecule has 0 aromatic heterocycles. The minimum atomic E-state index is -0.827. The number of carbonyl (C=O) groups is 3. The Bertz CT molecular complexity index is 1010. The fraction of sp³-hybridized carbons (Fsp3) is 0.318. The third-order valence-corrected chi connectivity index (χ3v) is 5.52. The molecule has 0 spiro atoms. The Balaban J connectivity index is 1.64. The van der Waals surface area contributed by atoms with E-state index < -0.39 is 22.8 Å². The van der Waals surface area contributed by atoms with Crippen molar-refractivity contribution < 1.29 is 19.3 Å². The van der Waals surface area contributed by atoms with Gasteiger partial charge in [0.1, 0.15) is 6.04 Å². The molecule has 1 atom stereocenters. The van der Waals surface area contributed by atoms with Crippen LogP contribution in [0.4, 0.5) is 11.4 Å². The maximum Gasteiger partial charge on any atom is 0.270 e. The second kappa shape index (κ2) is 10.8. The molecule has 10 heteroatoms. The molecule has 0 saturated heterocycles. The summed E-state index contributed by atoms with van der Waals surface area (Å²) in [6.07, 6.45) is 4.27. The number of thioether (sulfide) groups is 1. The Morgan fingerprint density at radius 2 is 1.81 bits per heavy atom. The van der Waals surface area contributed by atoms with E-state index in [0.29, 0.717) is 23.4 Å². The van der Waals surface area contributed by atoms with Crippen LogP contribution < -0.4 is 16.0 Å². The largest absolute Gasteiger partial charge is 0.349 e. The summed E-state index contributed by atoms with van der Waals surface area (Å²) < 4.78 is 0. The van der Waals surface area contributed by atoms with Gasteiger partial charge in [-0.2, -0.15) is 11.8 Å². The molecule has 3 amide bonds. The van der Waals surface area contributed by atoms with Crippen molar-refractivity contribution in [2.24, 2.45) is 0 Å². The number of nitro groups is 1. The highest BCUT2D eigenvalue weighted by atomic mass is 32.2. The van der Waals surface area contributed by atoms with Gasteiger partial charge in [0.05, 0.1) is 4.92 Å². The second-order valence-corrected chi connectivity index (χ2v) is 8.41. The maximum atomic E-state index is 12.8. The number of benzene rings is 2. The summed E-state index contributed by atoms with van der Waals surface area (Å²) in [5, 5.41) is 19.3. The monoisotopic (exact) mass is 456 g/mol. The molecule has 9 nitrogen and oxygen atoms in total. The van der Waals surface area contributed by atoms with Crippen LogP contribution in [0.5, 0.6) is 0 Å². The molecule has 1 aliphatic carbocycles. The summed E-state index contributed by atoms with van der Waals surface area (Å²) in [5.41, 5.74) is 0.908. The minimum Gasteiger partial charge on any atom is -0.349 e. The Labute approximate surface area is 189 Å². The fourth-order valence-electron chi connectivity index (χ4n) is 2.94. The molecule has 1 saturated carbocycles. The van der Waals surface area contributed by atoms with Crippen LogP contribution in [0.15, 0.2) is 48.5 Å². The lowest BCUT2D eigenvalue weighted by molar-refractivity contribution is -0.384. The highest BCUT2D eigenvalue weighted by Gasteiger charge is 2.24. The third-order valence-electron chi connectivity index (χ3n) is 4.88. The predicted octanol–water partition coefficient (Wildman–Crippen LogP) is 2.98. The van der Waals surface area contributed by atoms with Crippen LogP contribution >= 0.6 is 11.8 Å². The van der Waals surface area contributed by atoms with Crippen molar-refractivity contribution in [2.75, 3.05) is 17.3 Å². The number of nitrogens with zero attached hydrogens (tertiary/aromatic N) is 1. The van der Waals surface area contributed by atoms with Gasteiger partial charge in [-0.05, 0) is 61.6 Å². The van der Waals surface area contributed by atoms with Crippen LogP contribution in [0.25, 0.3) is 0 Å². The lowest BCUT2D eigenvalue weighted by Crippen LogP contribution is -2.44. The fourth-order valence-corrected chi connectivity index (χ4v) is 3.41. The molecule has 3 rings (SSSR count). The number of hydrogen-bond acceptors (Lipinski definition) is 6.